The number of carbonyl (C=O) groups excluding carboxylic acids is 3. The highest BCUT2D eigenvalue weighted by molar-refractivity contribution is 6.21. The third-order valence-corrected chi connectivity index (χ3v) is 5.69. The molecule has 10 nitrogen and oxygen atoms in total. The highest BCUT2D eigenvalue weighted by atomic mass is 16.5. The fraction of sp³-hybridized carbons (Fsp3) is 0.0800. The molecule has 0 radical (unpaired) electrons. The largest absolute Gasteiger partial charge is 0.465 e. The number of para-hydroxylation sites is 1. The number of fused-ring (bicyclic) bond motifs is 3. The van der Waals surface area contributed by atoms with Crippen LogP contribution in [0.5, 0.6) is 0 Å². The standard InChI is InChI=1S/C25H17N3O7/c1-33-23(30)17-18(24(31)34-2)20(27-13-12-14-8-6-7-11-16(14)19(17)27)22(29)21-25(32)35-26-28(21)15-9-4-3-5-10-15/h3-13H,1-2H3/p+1. The number of esters is 2. The number of methoxy groups -OCH3 is 2. The molecule has 1 N–H and O–H groups in total. The van der Waals surface area contributed by atoms with E-state index in [9.17, 15) is 19.2 Å². The second-order valence-electron chi connectivity index (χ2n) is 7.53. The van der Waals surface area contributed by atoms with Crippen LogP contribution in [-0.4, -0.2) is 41.6 Å². The Balaban J connectivity index is 1.91. The minimum atomic E-state index is -0.954. The summed E-state index contributed by atoms with van der Waals surface area (Å²) >= 11 is 0. The van der Waals surface area contributed by atoms with Crippen LogP contribution in [0.25, 0.3) is 22.0 Å². The number of rotatable bonds is 5. The first-order chi connectivity index (χ1) is 17.0. The lowest BCUT2D eigenvalue weighted by molar-refractivity contribution is -0.672. The van der Waals surface area contributed by atoms with Gasteiger partial charge in [0, 0.05) is 23.7 Å². The van der Waals surface area contributed by atoms with Gasteiger partial charge < -0.3 is 13.9 Å². The first kappa shape index (κ1) is 21.8. The number of pyridine rings is 1. The van der Waals surface area contributed by atoms with Crippen molar-refractivity contribution in [2.75, 3.05) is 14.2 Å². The van der Waals surface area contributed by atoms with Gasteiger partial charge in [-0.15, -0.1) is 0 Å². The average Bonchev–Trinajstić information content (AvgIpc) is 3.46. The van der Waals surface area contributed by atoms with Gasteiger partial charge >= 0.3 is 23.3 Å². The highest BCUT2D eigenvalue weighted by Gasteiger charge is 2.40. The van der Waals surface area contributed by atoms with Crippen molar-refractivity contribution in [2.24, 2.45) is 0 Å². The monoisotopic (exact) mass is 472 g/mol. The molecule has 0 spiro atoms. The van der Waals surface area contributed by atoms with Gasteiger partial charge in [0.2, 0.25) is 5.69 Å². The lowest BCUT2D eigenvalue weighted by Crippen LogP contribution is -2.41. The number of nitrogens with one attached hydrogen (secondary N) is 1. The number of nitrogens with zero attached hydrogens (tertiary/aromatic N) is 2. The predicted octanol–water partition coefficient (Wildman–Crippen LogP) is 2.45. The maximum absolute atomic E-state index is 14.0. The van der Waals surface area contributed by atoms with Crippen molar-refractivity contribution in [3.05, 3.63) is 99.8 Å². The van der Waals surface area contributed by atoms with Crippen LogP contribution in [0.15, 0.2) is 76.2 Å². The van der Waals surface area contributed by atoms with E-state index in [4.69, 9.17) is 14.0 Å². The van der Waals surface area contributed by atoms with Crippen LogP contribution in [0.3, 0.4) is 0 Å². The summed E-state index contributed by atoms with van der Waals surface area (Å²) in [6, 6.07) is 17.4. The van der Waals surface area contributed by atoms with E-state index in [0.717, 1.165) is 12.5 Å². The molecule has 0 aliphatic heterocycles. The van der Waals surface area contributed by atoms with Crippen molar-refractivity contribution < 1.29 is 33.1 Å². The quantitative estimate of drug-likeness (QED) is 0.237. The summed E-state index contributed by atoms with van der Waals surface area (Å²) in [6.45, 7) is 0. The summed E-state index contributed by atoms with van der Waals surface area (Å²) in [5, 5.41) is 3.77. The number of hydrogen-bond acceptors (Lipinski definition) is 7. The van der Waals surface area contributed by atoms with Crippen LogP contribution in [0, 0.1) is 0 Å². The van der Waals surface area contributed by atoms with Crippen molar-refractivity contribution in [2.45, 2.75) is 0 Å². The van der Waals surface area contributed by atoms with Crippen molar-refractivity contribution in [1.29, 1.82) is 0 Å². The highest BCUT2D eigenvalue weighted by Crippen LogP contribution is 2.32. The summed E-state index contributed by atoms with van der Waals surface area (Å²) in [5.74, 6) is -2.63. The maximum Gasteiger partial charge on any atom is 0.439 e. The van der Waals surface area contributed by atoms with E-state index < -0.39 is 29.0 Å². The lowest BCUT2D eigenvalue weighted by Gasteiger charge is -2.05. The molecule has 10 heteroatoms. The number of benzene rings is 2. The van der Waals surface area contributed by atoms with Gasteiger partial charge in [0.05, 0.1) is 19.7 Å². The summed E-state index contributed by atoms with van der Waals surface area (Å²) in [7, 11) is 2.30. The number of ether oxygens (including phenoxy) is 2. The molecule has 0 amide bonds. The number of H-pyrrole nitrogens is 1. The molecule has 0 aliphatic rings. The number of aromatic amines is 1. The van der Waals surface area contributed by atoms with Crippen LogP contribution in [0.2, 0.25) is 0 Å². The maximum atomic E-state index is 14.0. The fourth-order valence-corrected chi connectivity index (χ4v) is 4.18. The second kappa shape index (κ2) is 8.41. The third-order valence-electron chi connectivity index (χ3n) is 5.69. The number of carbonyl (C=O) groups is 3. The molecule has 0 fully saturated rings. The van der Waals surface area contributed by atoms with Gasteiger partial charge in [0.1, 0.15) is 16.8 Å². The average molecular weight is 472 g/mol. The van der Waals surface area contributed by atoms with Gasteiger partial charge in [-0.25, -0.2) is 14.4 Å². The minimum Gasteiger partial charge on any atom is -0.465 e. The normalized spacial score (nSPS) is 11.0. The Labute approximate surface area is 196 Å². The molecular formula is C25H18N3O7+. The molecule has 3 aromatic heterocycles. The summed E-state index contributed by atoms with van der Waals surface area (Å²) in [6.07, 6.45) is 1.55. The zero-order chi connectivity index (χ0) is 24.7. The van der Waals surface area contributed by atoms with Gasteiger partial charge in [-0.1, -0.05) is 42.5 Å². The molecule has 0 atom stereocenters. The van der Waals surface area contributed by atoms with Crippen LogP contribution in [-0.2, 0) is 9.47 Å². The fourth-order valence-electron chi connectivity index (χ4n) is 4.18. The smallest absolute Gasteiger partial charge is 0.439 e. The third kappa shape index (κ3) is 3.31. The number of ketones is 1. The van der Waals surface area contributed by atoms with Crippen LogP contribution in [0.1, 0.15) is 36.9 Å². The molecule has 35 heavy (non-hydrogen) atoms. The van der Waals surface area contributed by atoms with Crippen LogP contribution in [0.4, 0.5) is 0 Å². The van der Waals surface area contributed by atoms with Gasteiger partial charge in [-0.05, 0) is 21.4 Å². The SMILES string of the molecule is COC(=O)c1c(C(=O)OC)c2c3ccccc3ccn2c1C(=O)c1c(=O)o[nH][n+]1-c1ccccc1. The Morgan fingerprint density at radius 3 is 2.26 bits per heavy atom. The number of aromatic nitrogens is 3. The molecule has 174 valence electrons. The number of hydrogen-bond donors (Lipinski definition) is 1. The predicted molar refractivity (Wildman–Crippen MR) is 122 cm³/mol. The Morgan fingerprint density at radius 2 is 1.54 bits per heavy atom. The molecule has 5 rings (SSSR count). The van der Waals surface area contributed by atoms with Crippen LogP contribution >= 0.6 is 0 Å². The van der Waals surface area contributed by atoms with E-state index in [0.29, 0.717) is 11.1 Å². The van der Waals surface area contributed by atoms with E-state index >= 15 is 0 Å². The molecule has 0 unspecified atom stereocenters. The van der Waals surface area contributed by atoms with Crippen molar-refractivity contribution in [1.82, 2.24) is 9.67 Å². The zero-order valence-electron chi connectivity index (χ0n) is 18.6. The molecule has 0 saturated heterocycles. The Morgan fingerprint density at radius 1 is 0.886 bits per heavy atom. The van der Waals surface area contributed by atoms with Gasteiger partial charge in [0.15, 0.2) is 0 Å². The van der Waals surface area contributed by atoms with Gasteiger partial charge in [0.25, 0.3) is 5.78 Å². The van der Waals surface area contributed by atoms with Gasteiger partial charge in [-0.2, -0.15) is 0 Å². The van der Waals surface area contributed by atoms with E-state index in [2.05, 4.69) is 5.27 Å². The molecule has 3 heterocycles. The Kier molecular flexibility index (Phi) is 5.25. The Hall–Kier alpha value is -4.99. The second-order valence-corrected chi connectivity index (χ2v) is 7.53. The summed E-state index contributed by atoms with van der Waals surface area (Å²) in [4.78, 5) is 52.6. The summed E-state index contributed by atoms with van der Waals surface area (Å²) in [5.41, 5.74) is -1.35. The zero-order valence-corrected chi connectivity index (χ0v) is 18.6. The lowest BCUT2D eigenvalue weighted by atomic mass is 10.0. The molecular weight excluding hydrogens is 454 g/mol. The molecule has 0 bridgehead atoms. The topological polar surface area (TPSA) is 124 Å². The molecule has 5 aromatic rings. The van der Waals surface area contributed by atoms with Gasteiger partial charge in [-0.3, -0.25) is 9.32 Å². The first-order valence-electron chi connectivity index (χ1n) is 10.4. The molecule has 2 aromatic carbocycles. The minimum absolute atomic E-state index is 0.148. The van der Waals surface area contributed by atoms with Crippen molar-refractivity contribution in [3.8, 4) is 5.69 Å². The van der Waals surface area contributed by atoms with Crippen molar-refractivity contribution >= 4 is 34.0 Å². The van der Waals surface area contributed by atoms with E-state index in [1.807, 2.05) is 12.1 Å². The van der Waals surface area contributed by atoms with E-state index in [1.165, 1.54) is 16.2 Å². The van der Waals surface area contributed by atoms with Crippen LogP contribution < -0.4 is 10.3 Å². The Bertz CT molecular complexity index is 1690. The van der Waals surface area contributed by atoms with E-state index in [-0.39, 0.29) is 22.3 Å². The van der Waals surface area contributed by atoms with Crippen molar-refractivity contribution in [3.63, 3.8) is 0 Å². The molecule has 0 aliphatic carbocycles. The van der Waals surface area contributed by atoms with E-state index in [1.54, 1.807) is 54.7 Å². The molecule has 0 saturated carbocycles. The summed E-state index contributed by atoms with van der Waals surface area (Å²) < 4.78 is 17.4. The first-order valence-corrected chi connectivity index (χ1v) is 10.4.